The average Bonchev–Trinajstić information content (AvgIpc) is 3.25. The van der Waals surface area contributed by atoms with Gasteiger partial charge in [0, 0.05) is 36.7 Å². The Bertz CT molecular complexity index is 1160. The highest BCUT2D eigenvalue weighted by Crippen LogP contribution is 2.32. The van der Waals surface area contributed by atoms with E-state index in [9.17, 15) is 14.0 Å². The number of rotatable bonds is 6. The second kappa shape index (κ2) is 10.2. The molecule has 33 heavy (non-hydrogen) atoms. The monoisotopic (exact) mass is 469 g/mol. The summed E-state index contributed by atoms with van der Waals surface area (Å²) in [5.74, 6) is 0.183. The molecule has 0 spiro atoms. The van der Waals surface area contributed by atoms with Gasteiger partial charge in [0.15, 0.2) is 5.69 Å². The lowest BCUT2D eigenvalue weighted by Crippen LogP contribution is -2.32. The Hall–Kier alpha value is -3.17. The molecule has 9 heteroatoms. The van der Waals surface area contributed by atoms with Gasteiger partial charge in [-0.3, -0.25) is 4.90 Å². The van der Waals surface area contributed by atoms with Crippen molar-refractivity contribution in [1.82, 2.24) is 14.7 Å². The second-order valence-corrected chi connectivity index (χ2v) is 8.72. The summed E-state index contributed by atoms with van der Waals surface area (Å²) >= 11 is 1.89. The molecule has 4 rings (SSSR count). The molecule has 0 amide bonds. The third-order valence-electron chi connectivity index (χ3n) is 5.47. The van der Waals surface area contributed by atoms with Crippen molar-refractivity contribution >= 4 is 23.7 Å². The van der Waals surface area contributed by atoms with Gasteiger partial charge < -0.3 is 9.47 Å². The van der Waals surface area contributed by atoms with Gasteiger partial charge >= 0.3 is 11.9 Å². The number of thioether (sulfide) groups is 1. The number of benzene rings is 2. The maximum absolute atomic E-state index is 14.3. The average molecular weight is 470 g/mol. The highest BCUT2D eigenvalue weighted by atomic mass is 32.2. The van der Waals surface area contributed by atoms with Crippen molar-refractivity contribution in [3.63, 3.8) is 0 Å². The number of halogens is 1. The summed E-state index contributed by atoms with van der Waals surface area (Å²) in [6.07, 6.45) is 0. The van der Waals surface area contributed by atoms with Crippen LogP contribution in [0.3, 0.4) is 0 Å². The summed E-state index contributed by atoms with van der Waals surface area (Å²) < 4.78 is 25.6. The summed E-state index contributed by atoms with van der Waals surface area (Å²) in [6, 6.07) is 13.3. The van der Waals surface area contributed by atoms with Gasteiger partial charge in [-0.2, -0.15) is 16.9 Å². The molecule has 2 aromatic carbocycles. The predicted molar refractivity (Wildman–Crippen MR) is 124 cm³/mol. The molecular weight excluding hydrogens is 445 g/mol. The Morgan fingerprint density at radius 3 is 2.39 bits per heavy atom. The first kappa shape index (κ1) is 23.0. The Morgan fingerprint density at radius 2 is 1.73 bits per heavy atom. The van der Waals surface area contributed by atoms with E-state index in [0.29, 0.717) is 23.4 Å². The number of hydrogen-bond donors (Lipinski definition) is 0. The summed E-state index contributed by atoms with van der Waals surface area (Å²) in [5.41, 5.74) is 2.00. The maximum Gasteiger partial charge on any atom is 0.357 e. The van der Waals surface area contributed by atoms with Crippen LogP contribution < -0.4 is 0 Å². The van der Waals surface area contributed by atoms with Crippen LogP contribution in [0.25, 0.3) is 16.9 Å². The third-order valence-corrected chi connectivity index (χ3v) is 6.42. The van der Waals surface area contributed by atoms with Crippen LogP contribution in [0.2, 0.25) is 0 Å². The van der Waals surface area contributed by atoms with Crippen molar-refractivity contribution in [2.45, 2.75) is 6.54 Å². The van der Waals surface area contributed by atoms with Gasteiger partial charge in [0.1, 0.15) is 17.1 Å². The van der Waals surface area contributed by atoms with Crippen molar-refractivity contribution in [2.24, 2.45) is 0 Å². The molecule has 0 atom stereocenters. The molecule has 1 aromatic heterocycles. The van der Waals surface area contributed by atoms with Gasteiger partial charge in [0.2, 0.25) is 0 Å². The van der Waals surface area contributed by atoms with Crippen LogP contribution in [0, 0.1) is 5.82 Å². The molecule has 0 unspecified atom stereocenters. The molecule has 0 bridgehead atoms. The van der Waals surface area contributed by atoms with Crippen LogP contribution in [0.15, 0.2) is 48.5 Å². The molecule has 1 saturated heterocycles. The molecule has 1 fully saturated rings. The van der Waals surface area contributed by atoms with E-state index in [0.717, 1.165) is 24.6 Å². The van der Waals surface area contributed by atoms with Crippen LogP contribution in [0.1, 0.15) is 26.4 Å². The minimum absolute atomic E-state index is 0.0183. The van der Waals surface area contributed by atoms with E-state index < -0.39 is 11.9 Å². The molecule has 172 valence electrons. The zero-order chi connectivity index (χ0) is 23.4. The lowest BCUT2D eigenvalue weighted by atomic mass is 9.99. The molecule has 1 aliphatic rings. The van der Waals surface area contributed by atoms with Gasteiger partial charge in [-0.05, 0) is 35.9 Å². The van der Waals surface area contributed by atoms with E-state index in [-0.39, 0.29) is 22.8 Å². The Balaban J connectivity index is 1.93. The predicted octanol–water partition coefficient (Wildman–Crippen LogP) is 3.80. The van der Waals surface area contributed by atoms with E-state index in [4.69, 9.17) is 9.47 Å². The number of ether oxygens (including phenoxy) is 2. The van der Waals surface area contributed by atoms with Gasteiger partial charge in [-0.25, -0.2) is 18.7 Å². The first-order chi connectivity index (χ1) is 16.0. The van der Waals surface area contributed by atoms with E-state index in [2.05, 4.69) is 10.00 Å². The van der Waals surface area contributed by atoms with Gasteiger partial charge in [-0.1, -0.05) is 18.2 Å². The topological polar surface area (TPSA) is 73.7 Å². The second-order valence-electron chi connectivity index (χ2n) is 7.49. The first-order valence-electron chi connectivity index (χ1n) is 10.5. The normalized spacial score (nSPS) is 14.2. The molecule has 0 saturated carbocycles. The lowest BCUT2D eigenvalue weighted by Gasteiger charge is -2.27. The molecule has 0 N–H and O–H groups in total. The standard InChI is InChI=1S/C24H24FN3O4S/c1-31-23(29)20-21(26-28(22(20)24(30)32-2)18-6-4-3-5-7-18)19-9-8-17(25)14-16(19)15-27-10-12-33-13-11-27/h3-9,14H,10-13,15H2,1-2H3. The SMILES string of the molecule is COC(=O)c1c(-c2ccc(F)cc2CN2CCSCC2)nn(-c2ccccc2)c1C(=O)OC. The number of carbonyl (C=O) groups excluding carboxylic acids is 2. The molecule has 7 nitrogen and oxygen atoms in total. The number of hydrogen-bond acceptors (Lipinski definition) is 7. The lowest BCUT2D eigenvalue weighted by molar-refractivity contribution is 0.0549. The van der Waals surface area contributed by atoms with Crippen LogP contribution >= 0.6 is 11.8 Å². The number of nitrogens with zero attached hydrogens (tertiary/aromatic N) is 3. The fourth-order valence-corrected chi connectivity index (χ4v) is 4.85. The number of carbonyl (C=O) groups is 2. The number of methoxy groups -OCH3 is 2. The smallest absolute Gasteiger partial charge is 0.357 e. The summed E-state index contributed by atoms with van der Waals surface area (Å²) in [7, 11) is 2.48. The number of aromatic nitrogens is 2. The maximum atomic E-state index is 14.3. The van der Waals surface area contributed by atoms with Crippen molar-refractivity contribution in [2.75, 3.05) is 38.8 Å². The van der Waals surface area contributed by atoms with Gasteiger partial charge in [0.25, 0.3) is 0 Å². The number of para-hydroxylation sites is 1. The first-order valence-corrected chi connectivity index (χ1v) is 11.6. The van der Waals surface area contributed by atoms with Crippen LogP contribution in [0.5, 0.6) is 0 Å². The van der Waals surface area contributed by atoms with Crippen molar-refractivity contribution in [3.05, 3.63) is 71.2 Å². The summed E-state index contributed by atoms with van der Waals surface area (Å²) in [6.45, 7) is 2.27. The molecule has 0 aliphatic carbocycles. The summed E-state index contributed by atoms with van der Waals surface area (Å²) in [4.78, 5) is 27.9. The van der Waals surface area contributed by atoms with E-state index >= 15 is 0 Å². The summed E-state index contributed by atoms with van der Waals surface area (Å²) in [5, 5.41) is 4.64. The van der Waals surface area contributed by atoms with E-state index in [1.54, 1.807) is 30.3 Å². The van der Waals surface area contributed by atoms with Crippen LogP contribution in [-0.2, 0) is 16.0 Å². The van der Waals surface area contributed by atoms with Crippen molar-refractivity contribution in [3.8, 4) is 16.9 Å². The molecule has 0 radical (unpaired) electrons. The van der Waals surface area contributed by atoms with E-state index in [1.807, 2.05) is 17.8 Å². The van der Waals surface area contributed by atoms with Crippen molar-refractivity contribution < 1.29 is 23.5 Å². The van der Waals surface area contributed by atoms with Crippen LogP contribution in [0.4, 0.5) is 4.39 Å². The van der Waals surface area contributed by atoms with E-state index in [1.165, 1.54) is 31.0 Å². The minimum Gasteiger partial charge on any atom is -0.465 e. The molecule has 2 heterocycles. The Kier molecular flexibility index (Phi) is 7.10. The largest absolute Gasteiger partial charge is 0.465 e. The highest BCUT2D eigenvalue weighted by Gasteiger charge is 2.32. The van der Waals surface area contributed by atoms with Crippen molar-refractivity contribution in [1.29, 1.82) is 0 Å². The number of esters is 2. The third kappa shape index (κ3) is 4.79. The zero-order valence-corrected chi connectivity index (χ0v) is 19.2. The van der Waals surface area contributed by atoms with Gasteiger partial charge in [0.05, 0.1) is 19.9 Å². The molecular formula is C24H24FN3O4S. The zero-order valence-electron chi connectivity index (χ0n) is 18.4. The Labute approximate surface area is 195 Å². The quantitative estimate of drug-likeness (QED) is 0.509. The Morgan fingerprint density at radius 1 is 1.03 bits per heavy atom. The molecule has 3 aromatic rings. The minimum atomic E-state index is -0.727. The fraction of sp³-hybridized carbons (Fsp3) is 0.292. The van der Waals surface area contributed by atoms with Crippen LogP contribution in [-0.4, -0.2) is 65.4 Å². The molecule has 1 aliphatic heterocycles. The fourth-order valence-electron chi connectivity index (χ4n) is 3.87. The highest BCUT2D eigenvalue weighted by molar-refractivity contribution is 7.99. The van der Waals surface area contributed by atoms with Gasteiger partial charge in [-0.15, -0.1) is 0 Å².